The van der Waals surface area contributed by atoms with Crippen LogP contribution in [-0.2, 0) is 11.3 Å². The zero-order valence-corrected chi connectivity index (χ0v) is 20.9. The van der Waals surface area contributed by atoms with Crippen molar-refractivity contribution in [2.45, 2.75) is 64.7 Å². The van der Waals surface area contributed by atoms with Crippen molar-refractivity contribution < 1.29 is 4.74 Å². The number of H-pyrrole nitrogens is 1. The van der Waals surface area contributed by atoms with Crippen molar-refractivity contribution in [2.24, 2.45) is 0 Å². The lowest BCUT2D eigenvalue weighted by atomic mass is 9.97. The van der Waals surface area contributed by atoms with Gasteiger partial charge in [-0.05, 0) is 51.1 Å². The molecule has 8 heteroatoms. The molecule has 4 aromatic heterocycles. The molecule has 0 saturated carbocycles. The summed E-state index contributed by atoms with van der Waals surface area (Å²) in [6, 6.07) is 5.56. The van der Waals surface area contributed by atoms with Gasteiger partial charge in [-0.15, -0.1) is 11.3 Å². The predicted molar refractivity (Wildman–Crippen MR) is 138 cm³/mol. The van der Waals surface area contributed by atoms with E-state index in [0.29, 0.717) is 12.1 Å². The minimum Gasteiger partial charge on any atom is -0.377 e. The molecule has 0 unspecified atom stereocenters. The van der Waals surface area contributed by atoms with E-state index in [-0.39, 0.29) is 6.04 Å². The summed E-state index contributed by atoms with van der Waals surface area (Å²) in [5.41, 5.74) is 4.29. The fourth-order valence-corrected chi connectivity index (χ4v) is 6.56. The first-order valence-electron chi connectivity index (χ1n) is 12.4. The lowest BCUT2D eigenvalue weighted by Gasteiger charge is -2.38. The number of hydrogen-bond donors (Lipinski definition) is 1. The van der Waals surface area contributed by atoms with Crippen LogP contribution in [0.25, 0.3) is 32.6 Å². The molecule has 0 spiro atoms. The highest BCUT2D eigenvalue weighted by molar-refractivity contribution is 7.18. The van der Waals surface area contributed by atoms with Crippen molar-refractivity contribution in [1.29, 1.82) is 0 Å². The Morgan fingerprint density at radius 1 is 1.12 bits per heavy atom. The topological polar surface area (TPSA) is 70.2 Å². The van der Waals surface area contributed by atoms with Gasteiger partial charge in [-0.25, -0.2) is 15.0 Å². The second-order valence-electron chi connectivity index (χ2n) is 9.83. The number of hydrogen-bond acceptors (Lipinski definition) is 7. The molecule has 34 heavy (non-hydrogen) atoms. The lowest BCUT2D eigenvalue weighted by molar-refractivity contribution is 0.0958. The summed E-state index contributed by atoms with van der Waals surface area (Å²) in [5, 5.41) is 3.36. The molecule has 4 aromatic rings. The maximum Gasteiger partial charge on any atom is 0.163 e. The third-order valence-corrected chi connectivity index (χ3v) is 8.55. The molecule has 0 aromatic carbocycles. The number of fused-ring (bicyclic) bond motifs is 2. The molecule has 6 heterocycles. The van der Waals surface area contributed by atoms with Gasteiger partial charge in [0.15, 0.2) is 11.6 Å². The van der Waals surface area contributed by atoms with Crippen LogP contribution < -0.4 is 4.90 Å². The number of piperidine rings is 1. The van der Waals surface area contributed by atoms with Crippen LogP contribution in [0, 0.1) is 0 Å². The van der Waals surface area contributed by atoms with Gasteiger partial charge in [-0.3, -0.25) is 4.90 Å². The van der Waals surface area contributed by atoms with E-state index in [1.807, 2.05) is 18.5 Å². The van der Waals surface area contributed by atoms with Crippen LogP contribution in [0.2, 0.25) is 0 Å². The minimum absolute atomic E-state index is 0.275. The maximum absolute atomic E-state index is 5.74. The number of morpholine rings is 1. The van der Waals surface area contributed by atoms with Crippen molar-refractivity contribution in [2.75, 3.05) is 24.7 Å². The quantitative estimate of drug-likeness (QED) is 0.435. The molecule has 0 amide bonds. The van der Waals surface area contributed by atoms with Crippen LogP contribution in [0.3, 0.4) is 0 Å². The molecule has 2 fully saturated rings. The van der Waals surface area contributed by atoms with Gasteiger partial charge in [-0.2, -0.15) is 0 Å². The molecular formula is C26H32N6OS. The van der Waals surface area contributed by atoms with Crippen LogP contribution in [0.5, 0.6) is 0 Å². The number of ether oxygens (including phenoxy) is 1. The SMILES string of the molecule is C[C@@H]1COCCN1c1nc(-c2ccnc3[nH]ccc23)nc2c(CN3[C@H](C)CCC[C@@H]3C)csc12. The fourth-order valence-electron chi connectivity index (χ4n) is 5.56. The molecule has 2 saturated heterocycles. The molecule has 2 aliphatic heterocycles. The summed E-state index contributed by atoms with van der Waals surface area (Å²) >= 11 is 1.78. The number of aromatic nitrogens is 4. The van der Waals surface area contributed by atoms with Crippen LogP contribution in [0.4, 0.5) is 5.82 Å². The standard InChI is InChI=1S/C26H32N6OS/c1-16-5-4-6-17(2)32(16)13-19-15-34-23-22(19)29-25(21-8-10-28-24-20(21)7-9-27-24)30-26(23)31-11-12-33-14-18(31)3/h7-10,15-18H,4-6,11-14H2,1-3H3,(H,27,28)/t16-,17+,18-/m1/s1. The van der Waals surface area contributed by atoms with E-state index in [1.54, 1.807) is 11.3 Å². The Morgan fingerprint density at radius 2 is 1.97 bits per heavy atom. The van der Waals surface area contributed by atoms with E-state index in [4.69, 9.17) is 14.7 Å². The highest BCUT2D eigenvalue weighted by Crippen LogP contribution is 2.38. The van der Waals surface area contributed by atoms with Gasteiger partial charge in [0, 0.05) is 54.1 Å². The third-order valence-electron chi connectivity index (χ3n) is 7.54. The molecular weight excluding hydrogens is 444 g/mol. The van der Waals surface area contributed by atoms with Crippen molar-refractivity contribution in [3.63, 3.8) is 0 Å². The Morgan fingerprint density at radius 3 is 2.79 bits per heavy atom. The number of aromatic amines is 1. The first-order chi connectivity index (χ1) is 16.6. The van der Waals surface area contributed by atoms with Gasteiger partial charge in [0.1, 0.15) is 5.65 Å². The summed E-state index contributed by atoms with van der Waals surface area (Å²) in [6.07, 6.45) is 7.63. The highest BCUT2D eigenvalue weighted by atomic mass is 32.1. The molecule has 0 bridgehead atoms. The van der Waals surface area contributed by atoms with Crippen molar-refractivity contribution in [3.05, 3.63) is 35.5 Å². The van der Waals surface area contributed by atoms with Gasteiger partial charge in [-0.1, -0.05) is 6.42 Å². The molecule has 0 aliphatic carbocycles. The third kappa shape index (κ3) is 3.78. The molecule has 7 nitrogen and oxygen atoms in total. The predicted octanol–water partition coefficient (Wildman–Crippen LogP) is 5.22. The number of nitrogens with one attached hydrogen (secondary N) is 1. The smallest absolute Gasteiger partial charge is 0.163 e. The van der Waals surface area contributed by atoms with Gasteiger partial charge < -0.3 is 14.6 Å². The second-order valence-corrected chi connectivity index (χ2v) is 10.7. The Balaban J connectivity index is 1.51. The lowest BCUT2D eigenvalue weighted by Crippen LogP contribution is -2.44. The van der Waals surface area contributed by atoms with E-state index < -0.39 is 0 Å². The molecule has 1 N–H and O–H groups in total. The number of rotatable bonds is 4. The number of pyridine rings is 1. The monoisotopic (exact) mass is 476 g/mol. The average Bonchev–Trinajstić information content (AvgIpc) is 3.48. The van der Waals surface area contributed by atoms with Gasteiger partial charge in [0.25, 0.3) is 0 Å². The largest absolute Gasteiger partial charge is 0.377 e. The Labute approximate surface area is 204 Å². The van der Waals surface area contributed by atoms with E-state index in [0.717, 1.165) is 60.1 Å². The van der Waals surface area contributed by atoms with Crippen molar-refractivity contribution in [1.82, 2.24) is 24.8 Å². The van der Waals surface area contributed by atoms with Gasteiger partial charge >= 0.3 is 0 Å². The summed E-state index contributed by atoms with van der Waals surface area (Å²) in [5.74, 6) is 1.81. The van der Waals surface area contributed by atoms with E-state index in [2.05, 4.69) is 52.0 Å². The van der Waals surface area contributed by atoms with Crippen LogP contribution in [-0.4, -0.2) is 62.7 Å². The summed E-state index contributed by atoms with van der Waals surface area (Å²) in [6.45, 7) is 10.2. The number of likely N-dealkylation sites (tertiary alicyclic amines) is 1. The molecule has 3 atom stereocenters. The first-order valence-corrected chi connectivity index (χ1v) is 13.3. The number of anilines is 1. The van der Waals surface area contributed by atoms with Crippen molar-refractivity contribution in [3.8, 4) is 11.4 Å². The highest BCUT2D eigenvalue weighted by Gasteiger charge is 2.28. The minimum atomic E-state index is 0.275. The zero-order valence-electron chi connectivity index (χ0n) is 20.1. The molecule has 178 valence electrons. The number of nitrogens with zero attached hydrogens (tertiary/aromatic N) is 5. The Hall–Kier alpha value is -2.55. The zero-order chi connectivity index (χ0) is 23.2. The normalized spacial score (nSPS) is 24.3. The average molecular weight is 477 g/mol. The molecule has 0 radical (unpaired) electrons. The van der Waals surface area contributed by atoms with Crippen LogP contribution in [0.15, 0.2) is 29.9 Å². The Kier molecular flexibility index (Phi) is 5.75. The summed E-state index contributed by atoms with van der Waals surface area (Å²) in [7, 11) is 0. The second kappa shape index (κ2) is 8.91. The van der Waals surface area contributed by atoms with Gasteiger partial charge in [0.2, 0.25) is 0 Å². The molecule has 6 rings (SSSR count). The summed E-state index contributed by atoms with van der Waals surface area (Å²) < 4.78 is 6.92. The Bertz CT molecular complexity index is 1310. The fraction of sp³-hybridized carbons (Fsp3) is 0.500. The van der Waals surface area contributed by atoms with Crippen molar-refractivity contribution >= 4 is 38.4 Å². The summed E-state index contributed by atoms with van der Waals surface area (Å²) in [4.78, 5) is 23.1. The van der Waals surface area contributed by atoms with E-state index in [1.165, 1.54) is 29.5 Å². The number of thiophene rings is 1. The van der Waals surface area contributed by atoms with Crippen LogP contribution in [0.1, 0.15) is 45.6 Å². The van der Waals surface area contributed by atoms with Crippen LogP contribution >= 0.6 is 11.3 Å². The maximum atomic E-state index is 5.74. The first kappa shape index (κ1) is 21.9. The molecule has 2 aliphatic rings. The van der Waals surface area contributed by atoms with E-state index in [9.17, 15) is 0 Å². The van der Waals surface area contributed by atoms with E-state index >= 15 is 0 Å². The van der Waals surface area contributed by atoms with Gasteiger partial charge in [0.05, 0.1) is 29.5 Å².